The van der Waals surface area contributed by atoms with Crippen molar-refractivity contribution in [3.05, 3.63) is 72.3 Å². The molecule has 1 saturated heterocycles. The number of aromatic nitrogens is 4. The van der Waals surface area contributed by atoms with Gasteiger partial charge in [0, 0.05) is 19.0 Å². The molecule has 30 heavy (non-hydrogen) atoms. The van der Waals surface area contributed by atoms with Crippen LogP contribution in [0, 0.1) is 5.92 Å². The minimum Gasteiger partial charge on any atom is -0.423 e. The maximum Gasteiger partial charge on any atom is 0.298 e. The Labute approximate surface area is 173 Å². The third kappa shape index (κ3) is 3.63. The number of nitrogens with one attached hydrogen (secondary N) is 2. The van der Waals surface area contributed by atoms with Gasteiger partial charge in [0.2, 0.25) is 5.91 Å². The number of H-pyrrole nitrogens is 1. The van der Waals surface area contributed by atoms with Gasteiger partial charge in [-0.05, 0) is 30.5 Å². The molecular formula is C22H22N6O2. The number of hydrogen-bond donors (Lipinski definition) is 2. The summed E-state index contributed by atoms with van der Waals surface area (Å²) in [6.07, 6.45) is 2.93. The molecule has 1 fully saturated rings. The molecule has 0 unspecified atom stereocenters. The number of hydrogen-bond acceptors (Lipinski definition) is 6. The second-order valence-electron chi connectivity index (χ2n) is 7.45. The molecule has 1 aliphatic rings. The number of amides is 1. The van der Waals surface area contributed by atoms with Crippen molar-refractivity contribution < 1.29 is 9.21 Å². The average Bonchev–Trinajstić information content (AvgIpc) is 3.48. The molecular weight excluding hydrogens is 380 g/mol. The second-order valence-corrected chi connectivity index (χ2v) is 7.45. The minimum atomic E-state index is -0.351. The fourth-order valence-corrected chi connectivity index (χ4v) is 3.90. The number of aromatic amines is 1. The Kier molecular flexibility index (Phi) is 4.88. The molecule has 2 aromatic heterocycles. The molecule has 0 bridgehead atoms. The minimum absolute atomic E-state index is 0.0254. The Morgan fingerprint density at radius 1 is 1.10 bits per heavy atom. The van der Waals surface area contributed by atoms with Crippen molar-refractivity contribution in [2.75, 3.05) is 18.0 Å². The van der Waals surface area contributed by atoms with Crippen LogP contribution in [-0.2, 0) is 4.79 Å². The predicted octanol–water partition coefficient (Wildman–Crippen LogP) is 3.07. The van der Waals surface area contributed by atoms with Crippen LogP contribution in [0.5, 0.6) is 0 Å². The first-order chi connectivity index (χ1) is 14.8. The lowest BCUT2D eigenvalue weighted by Gasteiger charge is -2.31. The number of carbonyl (C=O) groups is 1. The second kappa shape index (κ2) is 7.98. The molecule has 1 amide bonds. The van der Waals surface area contributed by atoms with E-state index in [9.17, 15) is 4.79 Å². The molecule has 8 heteroatoms. The van der Waals surface area contributed by atoms with Gasteiger partial charge in [-0.3, -0.25) is 9.89 Å². The smallest absolute Gasteiger partial charge is 0.298 e. The summed E-state index contributed by atoms with van der Waals surface area (Å²) in [5.41, 5.74) is 2.60. The Morgan fingerprint density at radius 3 is 2.60 bits per heavy atom. The van der Waals surface area contributed by atoms with Crippen LogP contribution in [0.3, 0.4) is 0 Å². The quantitative estimate of drug-likeness (QED) is 0.532. The Bertz CT molecular complexity index is 1080. The normalized spacial score (nSPS) is 15.9. The molecule has 8 nitrogen and oxygen atoms in total. The van der Waals surface area contributed by atoms with Crippen LogP contribution >= 0.6 is 0 Å². The summed E-state index contributed by atoms with van der Waals surface area (Å²) in [5.74, 6) is 0.579. The summed E-state index contributed by atoms with van der Waals surface area (Å²) in [6.45, 7) is 1.45. The van der Waals surface area contributed by atoms with E-state index in [0.717, 1.165) is 42.6 Å². The number of para-hydroxylation sites is 2. The van der Waals surface area contributed by atoms with Gasteiger partial charge in [-0.1, -0.05) is 42.5 Å². The van der Waals surface area contributed by atoms with Gasteiger partial charge in [-0.25, -0.2) is 4.98 Å². The van der Waals surface area contributed by atoms with Gasteiger partial charge in [0.25, 0.3) is 6.01 Å². The van der Waals surface area contributed by atoms with Crippen molar-refractivity contribution in [1.82, 2.24) is 25.5 Å². The first kappa shape index (κ1) is 18.4. The van der Waals surface area contributed by atoms with Gasteiger partial charge in [-0.2, -0.15) is 10.1 Å². The maximum atomic E-state index is 13.0. The van der Waals surface area contributed by atoms with E-state index in [-0.39, 0.29) is 17.9 Å². The lowest BCUT2D eigenvalue weighted by atomic mass is 9.95. The van der Waals surface area contributed by atoms with Crippen molar-refractivity contribution >= 4 is 23.0 Å². The highest BCUT2D eigenvalue weighted by atomic mass is 16.4. The van der Waals surface area contributed by atoms with Crippen LogP contribution in [0.15, 0.2) is 65.3 Å². The zero-order chi connectivity index (χ0) is 20.3. The highest BCUT2D eigenvalue weighted by Crippen LogP contribution is 2.27. The fraction of sp³-hybridized carbons (Fsp3) is 0.273. The highest BCUT2D eigenvalue weighted by Gasteiger charge is 2.29. The molecule has 0 spiro atoms. The van der Waals surface area contributed by atoms with Gasteiger partial charge in [0.15, 0.2) is 11.4 Å². The molecule has 3 heterocycles. The average molecular weight is 402 g/mol. The highest BCUT2D eigenvalue weighted by molar-refractivity contribution is 5.80. The standard InChI is InChI=1S/C22H22N6O2/c29-21(26-19(20-23-14-24-27-20)15-6-2-1-3-7-15)16-10-12-28(13-11-16)22-25-17-8-4-5-9-18(17)30-22/h1-9,14,16,19H,10-13H2,(H,26,29)(H,23,24,27)/t19-/m0/s1. The summed E-state index contributed by atoms with van der Waals surface area (Å²) >= 11 is 0. The fourth-order valence-electron chi connectivity index (χ4n) is 3.90. The summed E-state index contributed by atoms with van der Waals surface area (Å²) < 4.78 is 5.87. The number of benzene rings is 2. The lowest BCUT2D eigenvalue weighted by molar-refractivity contribution is -0.126. The van der Waals surface area contributed by atoms with Crippen LogP contribution in [0.2, 0.25) is 0 Å². The number of nitrogens with zero attached hydrogens (tertiary/aromatic N) is 4. The van der Waals surface area contributed by atoms with Crippen LogP contribution in [0.1, 0.15) is 30.3 Å². The van der Waals surface area contributed by atoms with Crippen molar-refractivity contribution in [3.8, 4) is 0 Å². The van der Waals surface area contributed by atoms with Crippen molar-refractivity contribution in [2.45, 2.75) is 18.9 Å². The maximum absolute atomic E-state index is 13.0. The van der Waals surface area contributed by atoms with Crippen LogP contribution in [-0.4, -0.2) is 39.2 Å². The van der Waals surface area contributed by atoms with E-state index in [1.807, 2.05) is 54.6 Å². The van der Waals surface area contributed by atoms with Gasteiger partial charge in [-0.15, -0.1) is 0 Å². The van der Waals surface area contributed by atoms with Crippen LogP contribution < -0.4 is 10.2 Å². The third-order valence-electron chi connectivity index (χ3n) is 5.55. The van der Waals surface area contributed by atoms with E-state index in [0.29, 0.717) is 11.8 Å². The van der Waals surface area contributed by atoms with E-state index in [1.165, 1.54) is 6.33 Å². The van der Waals surface area contributed by atoms with Crippen molar-refractivity contribution in [1.29, 1.82) is 0 Å². The van der Waals surface area contributed by atoms with Gasteiger partial charge >= 0.3 is 0 Å². The van der Waals surface area contributed by atoms with Gasteiger partial charge < -0.3 is 14.6 Å². The largest absolute Gasteiger partial charge is 0.423 e. The number of rotatable bonds is 5. The molecule has 0 saturated carbocycles. The van der Waals surface area contributed by atoms with Crippen molar-refractivity contribution in [3.63, 3.8) is 0 Å². The number of fused-ring (bicyclic) bond motifs is 1. The number of piperidine rings is 1. The summed E-state index contributed by atoms with van der Waals surface area (Å²) in [5, 5.41) is 9.97. The molecule has 0 radical (unpaired) electrons. The van der Waals surface area contributed by atoms with E-state index < -0.39 is 0 Å². The van der Waals surface area contributed by atoms with E-state index >= 15 is 0 Å². The number of carbonyl (C=O) groups excluding carboxylic acids is 1. The van der Waals surface area contributed by atoms with Crippen LogP contribution in [0.25, 0.3) is 11.1 Å². The van der Waals surface area contributed by atoms with Crippen LogP contribution in [0.4, 0.5) is 6.01 Å². The van der Waals surface area contributed by atoms with Gasteiger partial charge in [0.05, 0.1) is 0 Å². The van der Waals surface area contributed by atoms with Crippen molar-refractivity contribution in [2.24, 2.45) is 5.92 Å². The zero-order valence-corrected chi connectivity index (χ0v) is 16.4. The van der Waals surface area contributed by atoms with Gasteiger partial charge in [0.1, 0.15) is 17.9 Å². The molecule has 1 atom stereocenters. The molecule has 152 valence electrons. The third-order valence-corrected chi connectivity index (χ3v) is 5.55. The molecule has 1 aliphatic heterocycles. The molecule has 2 aromatic carbocycles. The summed E-state index contributed by atoms with van der Waals surface area (Å²) in [7, 11) is 0. The summed E-state index contributed by atoms with van der Waals surface area (Å²) in [6, 6.07) is 17.8. The first-order valence-electron chi connectivity index (χ1n) is 10.1. The summed E-state index contributed by atoms with van der Waals surface area (Å²) in [4.78, 5) is 24.0. The predicted molar refractivity (Wildman–Crippen MR) is 112 cm³/mol. The Hall–Kier alpha value is -3.68. The zero-order valence-electron chi connectivity index (χ0n) is 16.4. The molecule has 4 aromatic rings. The lowest BCUT2D eigenvalue weighted by Crippen LogP contribution is -2.42. The number of oxazole rings is 1. The molecule has 5 rings (SSSR count). The first-order valence-corrected chi connectivity index (χ1v) is 10.1. The Morgan fingerprint density at radius 2 is 1.87 bits per heavy atom. The molecule has 0 aliphatic carbocycles. The SMILES string of the molecule is O=C(N[C@@H](c1ccccc1)c1ncn[nH]1)C1CCN(c2nc3ccccc3o2)CC1. The Balaban J connectivity index is 1.26. The number of anilines is 1. The topological polar surface area (TPSA) is 99.9 Å². The van der Waals surface area contributed by atoms with E-state index in [1.54, 1.807) is 0 Å². The molecule has 2 N–H and O–H groups in total. The van der Waals surface area contributed by atoms with E-state index in [4.69, 9.17) is 4.42 Å². The monoisotopic (exact) mass is 402 g/mol. The van der Waals surface area contributed by atoms with E-state index in [2.05, 4.69) is 30.4 Å².